The molecule has 0 aliphatic carbocycles. The van der Waals surface area contributed by atoms with Crippen molar-refractivity contribution in [2.75, 3.05) is 34.4 Å². The number of aryl methyl sites for hydroxylation is 13. The Hall–Kier alpha value is -9.48. The molecule has 0 fully saturated rings. The predicted octanol–water partition coefficient (Wildman–Crippen LogP) is 14.2. The zero-order valence-electron chi connectivity index (χ0n) is 63.0. The number of fused-ring (bicyclic) bond motifs is 6. The van der Waals surface area contributed by atoms with Gasteiger partial charge in [0.2, 0.25) is 5.65 Å². The van der Waals surface area contributed by atoms with Gasteiger partial charge in [-0.2, -0.15) is 24.9 Å². The van der Waals surface area contributed by atoms with E-state index in [0.717, 1.165) is 165 Å². The van der Waals surface area contributed by atoms with Gasteiger partial charge in [0, 0.05) is 29.1 Å². The molecule has 0 saturated heterocycles. The minimum atomic E-state index is 0.286. The van der Waals surface area contributed by atoms with Gasteiger partial charge < -0.3 is 34.4 Å². The molecule has 24 nitrogen and oxygen atoms in total. The van der Waals surface area contributed by atoms with Crippen LogP contribution in [0, 0.1) is 125 Å². The van der Waals surface area contributed by atoms with E-state index < -0.39 is 0 Å². The van der Waals surface area contributed by atoms with Crippen LogP contribution < -0.4 is 34.4 Å². The van der Waals surface area contributed by atoms with Gasteiger partial charge in [0.25, 0.3) is 0 Å². The highest BCUT2D eigenvalue weighted by Crippen LogP contribution is 2.34. The molecular weight excluding hydrogens is 1200 g/mol. The summed E-state index contributed by atoms with van der Waals surface area (Å²) in [6, 6.07) is 0. The number of rotatable bonds is 6. The summed E-state index contributed by atoms with van der Waals surface area (Å²) in [6.45, 7) is 61.6. The Bertz CT molecular complexity index is 4870. The summed E-state index contributed by atoms with van der Waals surface area (Å²) in [5.74, 6) is 7.00. The Balaban J connectivity index is 0.000000163. The third-order valence-corrected chi connectivity index (χ3v) is 18.3. The average Bonchev–Trinajstić information content (AvgIpc) is 1.63. The first-order valence-corrected chi connectivity index (χ1v) is 33.3. The van der Waals surface area contributed by atoms with Crippen molar-refractivity contribution in [3.63, 3.8) is 0 Å². The highest BCUT2D eigenvalue weighted by Gasteiger charge is 2.24. The maximum Gasteiger partial charge on any atom is 0.201 e. The fourth-order valence-electron chi connectivity index (χ4n) is 12.3. The largest absolute Gasteiger partial charge is 0.397 e. The van der Waals surface area contributed by atoms with Gasteiger partial charge in [0.15, 0.2) is 17.1 Å². The molecule has 12 N–H and O–H groups in total. The zero-order valence-corrected chi connectivity index (χ0v) is 63.0. The van der Waals surface area contributed by atoms with E-state index in [1.807, 2.05) is 124 Å². The van der Waals surface area contributed by atoms with Gasteiger partial charge in [-0.25, -0.2) is 43.5 Å². The molecule has 12 rings (SSSR count). The molecule has 0 atom stereocenters. The molecule has 0 aromatic carbocycles. The topological polar surface area (TPSA) is 337 Å². The van der Waals surface area contributed by atoms with Crippen LogP contribution in [0.1, 0.15) is 255 Å². The van der Waals surface area contributed by atoms with Crippen LogP contribution in [0.4, 0.5) is 34.1 Å². The van der Waals surface area contributed by atoms with E-state index in [9.17, 15) is 0 Å². The summed E-state index contributed by atoms with van der Waals surface area (Å²) in [6.07, 6.45) is 0. The summed E-state index contributed by atoms with van der Waals surface area (Å²) in [5, 5.41) is 26.4. The first-order chi connectivity index (χ1) is 44.6. The number of aromatic nitrogens is 18. The lowest BCUT2D eigenvalue weighted by Crippen LogP contribution is -2.06. The minimum Gasteiger partial charge on any atom is -0.397 e. The fourth-order valence-corrected chi connectivity index (χ4v) is 12.3. The van der Waals surface area contributed by atoms with Gasteiger partial charge in [0.05, 0.1) is 108 Å². The molecule has 0 aliphatic rings. The van der Waals surface area contributed by atoms with Gasteiger partial charge in [-0.15, -0.1) is 10.2 Å². The van der Waals surface area contributed by atoms with Crippen LogP contribution in [-0.2, 0) is 0 Å². The second kappa shape index (κ2) is 28.5. The molecule has 12 heterocycles. The van der Waals surface area contributed by atoms with Gasteiger partial charge in [-0.1, -0.05) is 83.1 Å². The van der Waals surface area contributed by atoms with Crippen LogP contribution in [0.5, 0.6) is 0 Å². The van der Waals surface area contributed by atoms with Crippen LogP contribution in [-0.4, -0.2) is 87.4 Å². The third kappa shape index (κ3) is 13.7. The maximum atomic E-state index is 6.24. The number of imidazole rings is 4. The second-order valence-corrected chi connectivity index (χ2v) is 27.5. The monoisotopic (exact) mass is 1310 g/mol. The standard InChI is InChI=1S/C14H21N3.4C12H18N4.C10H15N5/c1-7(2)13-8(3)9(4)14-12(15)10(5)11(6)16-17(13)14;1-6(2)12-15-8(4)11-10(13)7(3)14-9(5)16(11)12;1-6(2)11-8(4)15-12-10(13)7(3)14-9(5)16(11)12;1-6(2)12-14-9(5)11-10(13)7(3)8(4)15-16(11)12;1-6(2)11-9(5)14-12-10(13)7(3)8(4)15-16(11)12;1-5(2)9-12-13-10-8(11)6(3)7(4)14-15(9)10/h7H,15H2,1-6H3;4*6H,13H2,1-5H3;5H,11H2,1-4H3. The molecular formula is C72H108N24. The average molecular weight is 1310 g/mol. The summed E-state index contributed by atoms with van der Waals surface area (Å²) in [4.78, 5) is 27.1. The number of nitrogens with two attached hydrogens (primary N) is 6. The highest BCUT2D eigenvalue weighted by atomic mass is 15.4. The van der Waals surface area contributed by atoms with Crippen molar-refractivity contribution in [1.82, 2.24) is 87.4 Å². The van der Waals surface area contributed by atoms with E-state index in [0.29, 0.717) is 46.6 Å². The smallest absolute Gasteiger partial charge is 0.201 e. The van der Waals surface area contributed by atoms with Crippen molar-refractivity contribution in [2.45, 2.75) is 243 Å². The minimum absolute atomic E-state index is 0.286. The summed E-state index contributed by atoms with van der Waals surface area (Å²) in [7, 11) is 0. The van der Waals surface area contributed by atoms with Gasteiger partial charge in [0.1, 0.15) is 28.8 Å². The first-order valence-electron chi connectivity index (χ1n) is 33.3. The lowest BCUT2D eigenvalue weighted by molar-refractivity contribution is 0.714. The van der Waals surface area contributed by atoms with Crippen LogP contribution in [0.15, 0.2) is 0 Å². The van der Waals surface area contributed by atoms with Crippen molar-refractivity contribution >= 4 is 67.6 Å². The molecule has 12 aromatic rings. The predicted molar refractivity (Wildman–Crippen MR) is 394 cm³/mol. The van der Waals surface area contributed by atoms with E-state index in [1.165, 1.54) is 22.5 Å². The SMILES string of the molecule is Cc1nc(C)n2c(C(C)C)c(C)nc2c1N.Cc1nc(C)n2c(C(C)C)nc(C)c2c1N.Cc1nn2c(C(C)C)c(C)c(C)c2c(N)c1C.Cc1nn2c(C(C)C)c(C)nc2c(N)c1C.Cc1nn2c(C(C)C)nc(C)c2c(N)c1C.Cc1nn2c(C(C)C)nnc2c(N)c1C. The molecule has 0 saturated carbocycles. The molecule has 516 valence electrons. The number of nitrogen functional groups attached to an aromatic ring is 6. The van der Waals surface area contributed by atoms with Gasteiger partial charge in [-0.3, -0.25) is 8.80 Å². The Morgan fingerprint density at radius 1 is 0.240 bits per heavy atom. The number of hydrogen-bond donors (Lipinski definition) is 6. The van der Waals surface area contributed by atoms with Crippen molar-refractivity contribution in [2.24, 2.45) is 0 Å². The van der Waals surface area contributed by atoms with E-state index in [2.05, 4.69) is 166 Å². The summed E-state index contributed by atoms with van der Waals surface area (Å²) in [5.41, 5.74) is 66.2. The van der Waals surface area contributed by atoms with Crippen LogP contribution >= 0.6 is 0 Å². The van der Waals surface area contributed by atoms with Gasteiger partial charge in [-0.05, 0) is 176 Å². The molecule has 0 amide bonds. The highest BCUT2D eigenvalue weighted by molar-refractivity contribution is 5.80. The lowest BCUT2D eigenvalue weighted by atomic mass is 10.0. The zero-order chi connectivity index (χ0) is 72.2. The maximum absolute atomic E-state index is 6.24. The number of anilines is 6. The molecule has 96 heavy (non-hydrogen) atoms. The van der Waals surface area contributed by atoms with Crippen molar-refractivity contribution in [3.8, 4) is 0 Å². The second-order valence-electron chi connectivity index (χ2n) is 27.5. The molecule has 0 bridgehead atoms. The molecule has 0 unspecified atom stereocenters. The molecule has 12 aromatic heterocycles. The quantitative estimate of drug-likeness (QED) is 0.0900. The molecule has 0 radical (unpaired) electrons. The van der Waals surface area contributed by atoms with E-state index >= 15 is 0 Å². The Labute approximate surface area is 566 Å². The molecule has 0 aliphatic heterocycles. The third-order valence-electron chi connectivity index (χ3n) is 18.3. The number of hydrogen-bond acceptors (Lipinski definition) is 18. The van der Waals surface area contributed by atoms with E-state index in [-0.39, 0.29) is 5.92 Å². The van der Waals surface area contributed by atoms with Gasteiger partial charge >= 0.3 is 0 Å². The van der Waals surface area contributed by atoms with Crippen LogP contribution in [0.3, 0.4) is 0 Å². The first kappa shape index (κ1) is 73.9. The van der Waals surface area contributed by atoms with Crippen molar-refractivity contribution in [1.29, 1.82) is 0 Å². The molecule has 0 spiro atoms. The van der Waals surface area contributed by atoms with E-state index in [1.54, 1.807) is 4.52 Å². The Kier molecular flexibility index (Phi) is 21.9. The summed E-state index contributed by atoms with van der Waals surface area (Å²) >= 11 is 0. The van der Waals surface area contributed by atoms with Crippen LogP contribution in [0.2, 0.25) is 0 Å². The normalized spacial score (nSPS) is 11.6. The fraction of sp³-hybridized carbons (Fsp3) is 0.500. The Morgan fingerprint density at radius 3 is 1.14 bits per heavy atom. The Morgan fingerprint density at radius 2 is 0.635 bits per heavy atom. The van der Waals surface area contributed by atoms with Crippen LogP contribution in [0.25, 0.3) is 33.5 Å². The van der Waals surface area contributed by atoms with E-state index in [4.69, 9.17) is 34.4 Å². The van der Waals surface area contributed by atoms with Crippen molar-refractivity contribution in [3.05, 3.63) is 137 Å². The summed E-state index contributed by atoms with van der Waals surface area (Å²) < 4.78 is 11.7. The van der Waals surface area contributed by atoms with Crippen molar-refractivity contribution < 1.29 is 0 Å². The lowest BCUT2D eigenvalue weighted by Gasteiger charge is -2.11. The number of nitrogens with zero attached hydrogens (tertiary/aromatic N) is 18. The molecule has 24 heteroatoms.